The van der Waals surface area contributed by atoms with E-state index in [9.17, 15) is 9.18 Å². The van der Waals surface area contributed by atoms with Gasteiger partial charge >= 0.3 is 0 Å². The maximum atomic E-state index is 13.0. The van der Waals surface area contributed by atoms with Crippen molar-refractivity contribution in [1.82, 2.24) is 9.97 Å². The third-order valence-electron chi connectivity index (χ3n) is 2.62. The highest BCUT2D eigenvalue weighted by Gasteiger charge is 2.09. The van der Waals surface area contributed by atoms with Gasteiger partial charge in [-0.3, -0.25) is 4.79 Å². The number of benzene rings is 1. The summed E-state index contributed by atoms with van der Waals surface area (Å²) in [6.45, 7) is 2.79. The summed E-state index contributed by atoms with van der Waals surface area (Å²) in [5.74, 6) is -0.456. The molecule has 0 aliphatic carbocycles. The highest BCUT2D eigenvalue weighted by molar-refractivity contribution is 6.31. The normalized spacial score (nSPS) is 10.2. The Morgan fingerprint density at radius 3 is 2.67 bits per heavy atom. The van der Waals surface area contributed by atoms with Gasteiger partial charge in [0.1, 0.15) is 5.82 Å². The number of hydrogen-bond acceptors (Lipinski definition) is 4. The number of carbonyl (C=O) groups is 1. The van der Waals surface area contributed by atoms with Crippen LogP contribution in [0.3, 0.4) is 0 Å². The van der Waals surface area contributed by atoms with Crippen molar-refractivity contribution in [2.45, 2.75) is 13.3 Å². The number of nitrogens with zero attached hydrogens (tertiary/aromatic N) is 2. The Labute approximate surface area is 126 Å². The highest BCUT2D eigenvalue weighted by atomic mass is 35.5. The number of rotatable bonds is 5. The standard InChI is InChI=1S/C14H14ClFN4O/c1-2-5-17-14-18-7-9(8-19-14)13(21)20-10-3-4-12(16)11(15)6-10/h3-4,6-8H,2,5H2,1H3,(H,20,21)(H,17,18,19). The average Bonchev–Trinajstić information content (AvgIpc) is 2.49. The lowest BCUT2D eigenvalue weighted by atomic mass is 10.2. The van der Waals surface area contributed by atoms with Gasteiger partial charge in [-0.2, -0.15) is 0 Å². The molecule has 5 nitrogen and oxygen atoms in total. The Kier molecular flexibility index (Phi) is 5.05. The summed E-state index contributed by atoms with van der Waals surface area (Å²) in [4.78, 5) is 20.1. The molecule has 0 saturated carbocycles. The summed E-state index contributed by atoms with van der Waals surface area (Å²) < 4.78 is 13.0. The lowest BCUT2D eigenvalue weighted by molar-refractivity contribution is 0.102. The molecule has 0 unspecified atom stereocenters. The predicted molar refractivity (Wildman–Crippen MR) is 80.2 cm³/mol. The van der Waals surface area contributed by atoms with E-state index in [0.29, 0.717) is 17.2 Å². The first-order valence-electron chi connectivity index (χ1n) is 6.42. The zero-order valence-electron chi connectivity index (χ0n) is 11.4. The summed E-state index contributed by atoms with van der Waals surface area (Å²) in [6, 6.07) is 3.95. The van der Waals surface area contributed by atoms with Gasteiger partial charge < -0.3 is 10.6 Å². The maximum absolute atomic E-state index is 13.0. The Hall–Kier alpha value is -2.21. The molecule has 1 amide bonds. The van der Waals surface area contributed by atoms with Crippen LogP contribution in [-0.4, -0.2) is 22.4 Å². The Morgan fingerprint density at radius 1 is 1.33 bits per heavy atom. The van der Waals surface area contributed by atoms with Crippen molar-refractivity contribution in [3.05, 3.63) is 47.0 Å². The molecule has 0 atom stereocenters. The Morgan fingerprint density at radius 2 is 2.05 bits per heavy atom. The smallest absolute Gasteiger partial charge is 0.258 e. The van der Waals surface area contributed by atoms with E-state index in [4.69, 9.17) is 11.6 Å². The van der Waals surface area contributed by atoms with Crippen LogP contribution in [0.4, 0.5) is 16.0 Å². The van der Waals surface area contributed by atoms with Gasteiger partial charge in [-0.25, -0.2) is 14.4 Å². The van der Waals surface area contributed by atoms with E-state index in [1.54, 1.807) is 0 Å². The van der Waals surface area contributed by atoms with Crippen LogP contribution in [0.2, 0.25) is 5.02 Å². The molecule has 7 heteroatoms. The average molecular weight is 309 g/mol. The first-order chi connectivity index (χ1) is 10.1. The van der Waals surface area contributed by atoms with E-state index < -0.39 is 5.82 Å². The van der Waals surface area contributed by atoms with Crippen LogP contribution in [0.1, 0.15) is 23.7 Å². The molecule has 0 bridgehead atoms. The molecule has 1 heterocycles. The van der Waals surface area contributed by atoms with Crippen LogP contribution >= 0.6 is 11.6 Å². The van der Waals surface area contributed by atoms with Crippen molar-refractivity contribution < 1.29 is 9.18 Å². The monoisotopic (exact) mass is 308 g/mol. The molecule has 21 heavy (non-hydrogen) atoms. The van der Waals surface area contributed by atoms with E-state index in [1.165, 1.54) is 30.6 Å². The van der Waals surface area contributed by atoms with Crippen molar-refractivity contribution in [1.29, 1.82) is 0 Å². The van der Waals surface area contributed by atoms with Crippen LogP contribution in [-0.2, 0) is 0 Å². The lowest BCUT2D eigenvalue weighted by Gasteiger charge is -2.06. The molecule has 2 rings (SSSR count). The molecule has 0 spiro atoms. The number of hydrogen-bond donors (Lipinski definition) is 2. The SMILES string of the molecule is CCCNc1ncc(C(=O)Nc2ccc(F)c(Cl)c2)cn1. The van der Waals surface area contributed by atoms with Crippen molar-refractivity contribution in [2.24, 2.45) is 0 Å². The number of nitrogens with one attached hydrogen (secondary N) is 2. The number of halogens is 2. The molecule has 110 valence electrons. The predicted octanol–water partition coefficient (Wildman–Crippen LogP) is 3.34. The van der Waals surface area contributed by atoms with E-state index in [1.807, 2.05) is 6.92 Å². The molecule has 0 saturated heterocycles. The van der Waals surface area contributed by atoms with E-state index >= 15 is 0 Å². The van der Waals surface area contributed by atoms with Crippen molar-refractivity contribution in [3.8, 4) is 0 Å². The molecule has 1 aromatic heterocycles. The largest absolute Gasteiger partial charge is 0.354 e. The number of amides is 1. The highest BCUT2D eigenvalue weighted by Crippen LogP contribution is 2.19. The lowest BCUT2D eigenvalue weighted by Crippen LogP contribution is -2.13. The Bertz CT molecular complexity index is 633. The second-order valence-corrected chi connectivity index (χ2v) is 4.71. The minimum atomic E-state index is -0.538. The minimum Gasteiger partial charge on any atom is -0.354 e. The van der Waals surface area contributed by atoms with Crippen LogP contribution in [0, 0.1) is 5.82 Å². The van der Waals surface area contributed by atoms with Gasteiger partial charge in [-0.15, -0.1) is 0 Å². The van der Waals surface area contributed by atoms with Gasteiger partial charge in [0.25, 0.3) is 5.91 Å². The van der Waals surface area contributed by atoms with E-state index in [2.05, 4.69) is 20.6 Å². The molecule has 0 aliphatic heterocycles. The first-order valence-corrected chi connectivity index (χ1v) is 6.80. The van der Waals surface area contributed by atoms with Gasteiger partial charge in [-0.05, 0) is 24.6 Å². The fourth-order valence-electron chi connectivity index (χ4n) is 1.55. The van der Waals surface area contributed by atoms with Gasteiger partial charge in [0, 0.05) is 24.6 Å². The van der Waals surface area contributed by atoms with E-state index in [-0.39, 0.29) is 10.9 Å². The van der Waals surface area contributed by atoms with Crippen molar-refractivity contribution in [2.75, 3.05) is 17.2 Å². The summed E-state index contributed by atoms with van der Waals surface area (Å²) in [7, 11) is 0. The van der Waals surface area contributed by atoms with Gasteiger partial charge in [0.15, 0.2) is 0 Å². The fourth-order valence-corrected chi connectivity index (χ4v) is 1.73. The number of aromatic nitrogens is 2. The zero-order valence-corrected chi connectivity index (χ0v) is 12.1. The minimum absolute atomic E-state index is 0.0526. The summed E-state index contributed by atoms with van der Waals surface area (Å²) >= 11 is 5.65. The van der Waals surface area contributed by atoms with Crippen LogP contribution in [0.25, 0.3) is 0 Å². The Balaban J connectivity index is 2.04. The molecular formula is C14H14ClFN4O. The van der Waals surface area contributed by atoms with Crippen molar-refractivity contribution >= 4 is 29.1 Å². The molecule has 2 N–H and O–H groups in total. The van der Waals surface area contributed by atoms with Crippen LogP contribution < -0.4 is 10.6 Å². The third kappa shape index (κ3) is 4.13. The van der Waals surface area contributed by atoms with Crippen LogP contribution in [0.15, 0.2) is 30.6 Å². The summed E-state index contributed by atoms with van der Waals surface area (Å²) in [5, 5.41) is 5.56. The van der Waals surface area contributed by atoms with E-state index in [0.717, 1.165) is 13.0 Å². The van der Waals surface area contributed by atoms with Crippen LogP contribution in [0.5, 0.6) is 0 Å². The van der Waals surface area contributed by atoms with Gasteiger partial charge in [0.05, 0.1) is 10.6 Å². The quantitative estimate of drug-likeness (QED) is 0.889. The molecule has 0 fully saturated rings. The first kappa shape index (κ1) is 15.2. The third-order valence-corrected chi connectivity index (χ3v) is 2.91. The molecule has 0 radical (unpaired) electrons. The summed E-state index contributed by atoms with van der Waals surface area (Å²) in [6.07, 6.45) is 3.80. The fraction of sp³-hybridized carbons (Fsp3) is 0.214. The topological polar surface area (TPSA) is 66.9 Å². The maximum Gasteiger partial charge on any atom is 0.258 e. The van der Waals surface area contributed by atoms with Gasteiger partial charge in [0.2, 0.25) is 5.95 Å². The zero-order chi connectivity index (χ0) is 15.2. The van der Waals surface area contributed by atoms with Crippen molar-refractivity contribution in [3.63, 3.8) is 0 Å². The molecule has 1 aromatic carbocycles. The summed E-state index contributed by atoms with van der Waals surface area (Å²) in [5.41, 5.74) is 0.706. The molecule has 0 aliphatic rings. The number of anilines is 2. The second kappa shape index (κ2) is 6.99. The molecular weight excluding hydrogens is 295 g/mol. The second-order valence-electron chi connectivity index (χ2n) is 4.31. The number of carbonyl (C=O) groups excluding carboxylic acids is 1. The van der Waals surface area contributed by atoms with Gasteiger partial charge in [-0.1, -0.05) is 18.5 Å². The molecule has 2 aromatic rings.